The Morgan fingerprint density at radius 3 is 2.39 bits per heavy atom. The molecule has 94 valence electrons. The van der Waals surface area contributed by atoms with Gasteiger partial charge >= 0.3 is 0 Å². The number of carbonyl (C=O) groups is 1. The van der Waals surface area contributed by atoms with E-state index in [1.54, 1.807) is 0 Å². The SMILES string of the molecule is CC(C)n1nccc1C(=O)c1c(F)cccc1F. The average Bonchev–Trinajstić information content (AvgIpc) is 2.77. The number of halogens is 2. The van der Waals surface area contributed by atoms with Gasteiger partial charge in [-0.2, -0.15) is 5.10 Å². The number of hydrogen-bond donors (Lipinski definition) is 0. The zero-order valence-electron chi connectivity index (χ0n) is 10.0. The van der Waals surface area contributed by atoms with E-state index < -0.39 is 23.0 Å². The molecule has 0 atom stereocenters. The van der Waals surface area contributed by atoms with Gasteiger partial charge in [-0.1, -0.05) is 6.07 Å². The van der Waals surface area contributed by atoms with Crippen molar-refractivity contribution in [3.05, 3.63) is 53.4 Å². The first-order valence-electron chi connectivity index (χ1n) is 5.54. The molecule has 0 bridgehead atoms. The zero-order valence-corrected chi connectivity index (χ0v) is 10.0. The molecule has 0 amide bonds. The van der Waals surface area contributed by atoms with Gasteiger partial charge in [-0.15, -0.1) is 0 Å². The van der Waals surface area contributed by atoms with Crippen LogP contribution >= 0.6 is 0 Å². The number of hydrogen-bond acceptors (Lipinski definition) is 2. The molecule has 1 aromatic carbocycles. The Hall–Kier alpha value is -2.04. The van der Waals surface area contributed by atoms with Gasteiger partial charge in [-0.25, -0.2) is 8.78 Å². The first-order valence-corrected chi connectivity index (χ1v) is 5.54. The van der Waals surface area contributed by atoms with Gasteiger partial charge in [0.15, 0.2) is 0 Å². The maximum atomic E-state index is 13.5. The van der Waals surface area contributed by atoms with Crippen molar-refractivity contribution in [3.8, 4) is 0 Å². The molecule has 0 aliphatic heterocycles. The van der Waals surface area contributed by atoms with E-state index in [0.717, 1.165) is 12.1 Å². The predicted molar refractivity (Wildman–Crippen MR) is 62.4 cm³/mol. The summed E-state index contributed by atoms with van der Waals surface area (Å²) in [6.45, 7) is 3.67. The average molecular weight is 250 g/mol. The second-order valence-corrected chi connectivity index (χ2v) is 4.18. The third-order valence-electron chi connectivity index (χ3n) is 2.58. The number of carbonyl (C=O) groups excluding carboxylic acids is 1. The molecule has 1 aromatic heterocycles. The van der Waals surface area contributed by atoms with Gasteiger partial charge in [0.2, 0.25) is 5.78 Å². The first-order chi connectivity index (χ1) is 8.52. The summed E-state index contributed by atoms with van der Waals surface area (Å²) in [6.07, 6.45) is 1.44. The lowest BCUT2D eigenvalue weighted by atomic mass is 10.1. The van der Waals surface area contributed by atoms with Crippen LogP contribution in [0.2, 0.25) is 0 Å². The fourth-order valence-corrected chi connectivity index (χ4v) is 1.75. The summed E-state index contributed by atoms with van der Waals surface area (Å²) < 4.78 is 28.5. The van der Waals surface area contributed by atoms with Crippen molar-refractivity contribution in [3.63, 3.8) is 0 Å². The highest BCUT2D eigenvalue weighted by Crippen LogP contribution is 2.18. The van der Waals surface area contributed by atoms with Gasteiger partial charge in [-0.05, 0) is 32.0 Å². The second-order valence-electron chi connectivity index (χ2n) is 4.18. The van der Waals surface area contributed by atoms with Crippen LogP contribution in [-0.4, -0.2) is 15.6 Å². The molecule has 2 rings (SSSR count). The molecule has 0 radical (unpaired) electrons. The standard InChI is InChI=1S/C13H12F2N2O/c1-8(2)17-11(6-7-16-17)13(18)12-9(14)4-3-5-10(12)15/h3-8H,1-2H3. The fraction of sp³-hybridized carbons (Fsp3) is 0.231. The number of aromatic nitrogens is 2. The van der Waals surface area contributed by atoms with Gasteiger partial charge in [0.25, 0.3) is 0 Å². The van der Waals surface area contributed by atoms with Crippen molar-refractivity contribution in [2.75, 3.05) is 0 Å². The molecule has 0 N–H and O–H groups in total. The Balaban J connectivity index is 2.52. The largest absolute Gasteiger partial charge is 0.287 e. The number of rotatable bonds is 3. The zero-order chi connectivity index (χ0) is 13.3. The van der Waals surface area contributed by atoms with Crippen molar-refractivity contribution < 1.29 is 13.6 Å². The molecule has 0 saturated carbocycles. The second kappa shape index (κ2) is 4.68. The highest BCUT2D eigenvalue weighted by Gasteiger charge is 2.22. The lowest BCUT2D eigenvalue weighted by molar-refractivity contribution is 0.101. The van der Waals surface area contributed by atoms with Gasteiger partial charge in [0.1, 0.15) is 17.3 Å². The van der Waals surface area contributed by atoms with Crippen LogP contribution in [0.5, 0.6) is 0 Å². The fourth-order valence-electron chi connectivity index (χ4n) is 1.75. The van der Waals surface area contributed by atoms with Crippen molar-refractivity contribution in [2.45, 2.75) is 19.9 Å². The Kier molecular flexibility index (Phi) is 3.23. The molecule has 0 aliphatic carbocycles. The smallest absolute Gasteiger partial charge is 0.216 e. The quantitative estimate of drug-likeness (QED) is 0.785. The Morgan fingerprint density at radius 2 is 1.83 bits per heavy atom. The third-order valence-corrected chi connectivity index (χ3v) is 2.58. The minimum atomic E-state index is -0.864. The first kappa shape index (κ1) is 12.4. The molecular formula is C13H12F2N2O. The minimum absolute atomic E-state index is 0.0613. The number of ketones is 1. The van der Waals surface area contributed by atoms with Crippen LogP contribution in [0.25, 0.3) is 0 Å². The molecule has 0 fully saturated rings. The van der Waals surface area contributed by atoms with Crippen molar-refractivity contribution in [1.82, 2.24) is 9.78 Å². The molecule has 0 saturated heterocycles. The Labute approximate surface area is 103 Å². The van der Waals surface area contributed by atoms with E-state index in [9.17, 15) is 13.6 Å². The maximum Gasteiger partial charge on any atom is 0.216 e. The van der Waals surface area contributed by atoms with Crippen LogP contribution in [-0.2, 0) is 0 Å². The van der Waals surface area contributed by atoms with Crippen LogP contribution in [0.4, 0.5) is 8.78 Å². The molecular weight excluding hydrogens is 238 g/mol. The van der Waals surface area contributed by atoms with E-state index in [1.165, 1.54) is 23.0 Å². The van der Waals surface area contributed by atoms with Gasteiger partial charge in [-0.3, -0.25) is 9.48 Å². The van der Waals surface area contributed by atoms with E-state index in [0.29, 0.717) is 0 Å². The van der Waals surface area contributed by atoms with E-state index in [2.05, 4.69) is 5.10 Å². The van der Waals surface area contributed by atoms with Crippen LogP contribution in [0.3, 0.4) is 0 Å². The van der Waals surface area contributed by atoms with Crippen LogP contribution in [0.15, 0.2) is 30.5 Å². The minimum Gasteiger partial charge on any atom is -0.287 e. The summed E-state index contributed by atoms with van der Waals surface area (Å²) in [5.41, 5.74) is -0.367. The molecule has 0 unspecified atom stereocenters. The number of nitrogens with zero attached hydrogens (tertiary/aromatic N) is 2. The van der Waals surface area contributed by atoms with Crippen LogP contribution in [0, 0.1) is 11.6 Å². The summed E-state index contributed by atoms with van der Waals surface area (Å²) >= 11 is 0. The van der Waals surface area contributed by atoms with E-state index in [1.807, 2.05) is 13.8 Å². The molecule has 18 heavy (non-hydrogen) atoms. The highest BCUT2D eigenvalue weighted by molar-refractivity contribution is 6.08. The maximum absolute atomic E-state index is 13.5. The van der Waals surface area contributed by atoms with Crippen molar-refractivity contribution in [1.29, 1.82) is 0 Å². The van der Waals surface area contributed by atoms with Crippen LogP contribution < -0.4 is 0 Å². The molecule has 0 aliphatic rings. The summed E-state index contributed by atoms with van der Waals surface area (Å²) in [7, 11) is 0. The number of benzene rings is 1. The lowest BCUT2D eigenvalue weighted by Crippen LogP contribution is -2.15. The van der Waals surface area contributed by atoms with E-state index >= 15 is 0 Å². The highest BCUT2D eigenvalue weighted by atomic mass is 19.1. The van der Waals surface area contributed by atoms with Gasteiger partial charge in [0.05, 0.1) is 5.56 Å². The van der Waals surface area contributed by atoms with E-state index in [-0.39, 0.29) is 11.7 Å². The molecule has 5 heteroatoms. The summed E-state index contributed by atoms with van der Waals surface area (Å²) in [5.74, 6) is -2.43. The molecule has 2 aromatic rings. The topological polar surface area (TPSA) is 34.9 Å². The summed E-state index contributed by atoms with van der Waals surface area (Å²) in [6, 6.07) is 4.74. The normalized spacial score (nSPS) is 10.9. The monoisotopic (exact) mass is 250 g/mol. The molecule has 0 spiro atoms. The van der Waals surface area contributed by atoms with Crippen LogP contribution in [0.1, 0.15) is 35.9 Å². The van der Waals surface area contributed by atoms with Gasteiger partial charge < -0.3 is 0 Å². The Morgan fingerprint density at radius 1 is 1.22 bits per heavy atom. The Bertz CT molecular complexity index is 570. The molecule has 3 nitrogen and oxygen atoms in total. The van der Waals surface area contributed by atoms with Crippen molar-refractivity contribution in [2.24, 2.45) is 0 Å². The molecule has 1 heterocycles. The lowest BCUT2D eigenvalue weighted by Gasteiger charge is -2.10. The predicted octanol–water partition coefficient (Wildman–Crippen LogP) is 2.97. The van der Waals surface area contributed by atoms with Crippen molar-refractivity contribution >= 4 is 5.78 Å². The van der Waals surface area contributed by atoms with Gasteiger partial charge in [0, 0.05) is 12.2 Å². The third kappa shape index (κ3) is 2.03. The summed E-state index contributed by atoms with van der Waals surface area (Å²) in [4.78, 5) is 12.1. The summed E-state index contributed by atoms with van der Waals surface area (Å²) in [5, 5.41) is 3.97. The van der Waals surface area contributed by atoms with E-state index in [4.69, 9.17) is 0 Å².